The van der Waals surface area contributed by atoms with E-state index in [4.69, 9.17) is 0 Å². The first-order valence-corrected chi connectivity index (χ1v) is 7.11. The molecule has 116 valence electrons. The van der Waals surface area contributed by atoms with Crippen molar-refractivity contribution in [2.75, 3.05) is 25.0 Å². The third-order valence-electron chi connectivity index (χ3n) is 3.86. The van der Waals surface area contributed by atoms with E-state index >= 15 is 0 Å². The van der Waals surface area contributed by atoms with Crippen LogP contribution in [0.5, 0.6) is 0 Å². The van der Waals surface area contributed by atoms with Gasteiger partial charge in [-0.3, -0.25) is 15.0 Å². The zero-order valence-corrected chi connectivity index (χ0v) is 11.9. The molecule has 1 saturated heterocycles. The zero-order chi connectivity index (χ0) is 15.4. The van der Waals surface area contributed by atoms with Gasteiger partial charge in [0.05, 0.1) is 4.92 Å². The Morgan fingerprint density at radius 2 is 2.00 bits per heavy atom. The second kappa shape index (κ2) is 6.80. The summed E-state index contributed by atoms with van der Waals surface area (Å²) in [7, 11) is 0. The average Bonchev–Trinajstić information content (AvgIpc) is 2.49. The topological polar surface area (TPSA) is 58.4 Å². The molecule has 0 spiro atoms. The van der Waals surface area contributed by atoms with Crippen LogP contribution in [0.3, 0.4) is 0 Å². The van der Waals surface area contributed by atoms with E-state index in [1.165, 1.54) is 6.42 Å². The number of halogens is 2. The van der Waals surface area contributed by atoms with Crippen molar-refractivity contribution in [2.45, 2.75) is 32.2 Å². The van der Waals surface area contributed by atoms with Crippen LogP contribution in [0.1, 0.15) is 26.2 Å². The molecule has 1 N–H and O–H groups in total. The van der Waals surface area contributed by atoms with Crippen molar-refractivity contribution in [3.8, 4) is 0 Å². The van der Waals surface area contributed by atoms with E-state index < -0.39 is 22.2 Å². The fourth-order valence-corrected chi connectivity index (χ4v) is 2.60. The van der Waals surface area contributed by atoms with Gasteiger partial charge in [0.15, 0.2) is 17.3 Å². The Balaban J connectivity index is 2.08. The van der Waals surface area contributed by atoms with Crippen molar-refractivity contribution >= 4 is 11.4 Å². The van der Waals surface area contributed by atoms with Crippen LogP contribution < -0.4 is 5.32 Å². The van der Waals surface area contributed by atoms with Crippen LogP contribution in [0.2, 0.25) is 0 Å². The Hall–Kier alpha value is -1.76. The summed E-state index contributed by atoms with van der Waals surface area (Å²) in [6, 6.07) is 1.85. The lowest BCUT2D eigenvalue weighted by Crippen LogP contribution is -2.41. The monoisotopic (exact) mass is 299 g/mol. The van der Waals surface area contributed by atoms with E-state index in [0.717, 1.165) is 38.1 Å². The molecule has 1 unspecified atom stereocenters. The largest absolute Gasteiger partial charge is 0.375 e. The van der Waals surface area contributed by atoms with Crippen molar-refractivity contribution in [3.05, 3.63) is 33.9 Å². The van der Waals surface area contributed by atoms with Crippen molar-refractivity contribution < 1.29 is 13.7 Å². The van der Waals surface area contributed by atoms with Gasteiger partial charge in [0.1, 0.15) is 0 Å². The predicted octanol–water partition coefficient (Wildman–Crippen LogP) is 3.16. The van der Waals surface area contributed by atoms with Crippen LogP contribution in [0.4, 0.5) is 20.2 Å². The first-order valence-electron chi connectivity index (χ1n) is 7.11. The minimum absolute atomic E-state index is 0.104. The third-order valence-corrected chi connectivity index (χ3v) is 3.86. The molecular weight excluding hydrogens is 280 g/mol. The standard InChI is InChI=1S/C14H19F2N3O2/c1-10(18-7-3-2-4-8-18)9-17-14-12(19(20)21)6-5-11(15)13(14)16/h5-6,10,17H,2-4,7-9H2,1H3. The maximum Gasteiger partial charge on any atom is 0.295 e. The number of hydrogen-bond acceptors (Lipinski definition) is 4. The Labute approximate surface area is 122 Å². The normalized spacial score (nSPS) is 17.5. The summed E-state index contributed by atoms with van der Waals surface area (Å²) in [6.07, 6.45) is 3.46. The number of nitrogens with one attached hydrogen (secondary N) is 1. The zero-order valence-electron chi connectivity index (χ0n) is 11.9. The summed E-state index contributed by atoms with van der Waals surface area (Å²) >= 11 is 0. The van der Waals surface area contributed by atoms with Gasteiger partial charge in [-0.05, 0) is 38.9 Å². The van der Waals surface area contributed by atoms with Crippen molar-refractivity contribution in [3.63, 3.8) is 0 Å². The van der Waals surface area contributed by atoms with E-state index in [1.54, 1.807) is 0 Å². The van der Waals surface area contributed by atoms with Gasteiger partial charge in [0, 0.05) is 18.7 Å². The highest BCUT2D eigenvalue weighted by Gasteiger charge is 2.23. The molecule has 0 radical (unpaired) electrons. The van der Waals surface area contributed by atoms with Crippen molar-refractivity contribution in [1.29, 1.82) is 0 Å². The molecule has 0 bridgehead atoms. The molecule has 1 heterocycles. The second-order valence-corrected chi connectivity index (χ2v) is 5.34. The van der Waals surface area contributed by atoms with Gasteiger partial charge >= 0.3 is 0 Å². The highest BCUT2D eigenvalue weighted by Crippen LogP contribution is 2.29. The number of likely N-dealkylation sites (tertiary alicyclic amines) is 1. The summed E-state index contributed by atoms with van der Waals surface area (Å²) in [5, 5.41) is 13.6. The Morgan fingerprint density at radius 3 is 2.62 bits per heavy atom. The minimum atomic E-state index is -1.20. The lowest BCUT2D eigenvalue weighted by molar-refractivity contribution is -0.384. The van der Waals surface area contributed by atoms with Gasteiger partial charge in [0.2, 0.25) is 0 Å². The summed E-state index contributed by atoms with van der Waals surface area (Å²) in [6.45, 7) is 4.25. The lowest BCUT2D eigenvalue weighted by Gasteiger charge is -2.32. The molecular formula is C14H19F2N3O2. The van der Waals surface area contributed by atoms with E-state index in [2.05, 4.69) is 10.2 Å². The summed E-state index contributed by atoms with van der Waals surface area (Å²) in [5.74, 6) is -2.29. The SMILES string of the molecule is CC(CNc1c([N+](=O)[O-])ccc(F)c1F)N1CCCCC1. The van der Waals surface area contributed by atoms with E-state index in [9.17, 15) is 18.9 Å². The quantitative estimate of drug-likeness (QED) is 0.670. The Bertz CT molecular complexity index is 519. The smallest absolute Gasteiger partial charge is 0.295 e. The summed E-state index contributed by atoms with van der Waals surface area (Å²) in [4.78, 5) is 12.4. The van der Waals surface area contributed by atoms with Crippen molar-refractivity contribution in [1.82, 2.24) is 4.90 Å². The van der Waals surface area contributed by atoms with Crippen molar-refractivity contribution in [2.24, 2.45) is 0 Å². The number of nitro groups is 1. The van der Waals surface area contributed by atoms with Gasteiger partial charge in [-0.2, -0.15) is 0 Å². The minimum Gasteiger partial charge on any atom is -0.375 e. The molecule has 1 atom stereocenters. The van der Waals surface area contributed by atoms with Crippen LogP contribution in [0.25, 0.3) is 0 Å². The maximum atomic E-state index is 13.8. The van der Waals surface area contributed by atoms with Gasteiger partial charge in [-0.25, -0.2) is 8.78 Å². The highest BCUT2D eigenvalue weighted by atomic mass is 19.2. The lowest BCUT2D eigenvalue weighted by atomic mass is 10.1. The molecule has 1 fully saturated rings. The van der Waals surface area contributed by atoms with Gasteiger partial charge in [-0.15, -0.1) is 0 Å². The number of nitrogens with zero attached hydrogens (tertiary/aromatic N) is 2. The first kappa shape index (κ1) is 15.6. The predicted molar refractivity (Wildman–Crippen MR) is 76.4 cm³/mol. The molecule has 2 rings (SSSR count). The fraction of sp³-hybridized carbons (Fsp3) is 0.571. The number of rotatable bonds is 5. The molecule has 21 heavy (non-hydrogen) atoms. The van der Waals surface area contributed by atoms with Gasteiger partial charge in [0.25, 0.3) is 5.69 Å². The highest BCUT2D eigenvalue weighted by molar-refractivity contribution is 5.62. The molecule has 1 aliphatic heterocycles. The van der Waals surface area contributed by atoms with E-state index in [1.807, 2.05) is 6.92 Å². The average molecular weight is 299 g/mol. The van der Waals surface area contributed by atoms with Crippen LogP contribution in [0, 0.1) is 21.7 Å². The number of hydrogen-bond donors (Lipinski definition) is 1. The summed E-state index contributed by atoms with van der Waals surface area (Å²) in [5.41, 5.74) is -0.816. The molecule has 0 saturated carbocycles. The Morgan fingerprint density at radius 1 is 1.33 bits per heavy atom. The third kappa shape index (κ3) is 3.66. The molecule has 0 aromatic heterocycles. The molecule has 5 nitrogen and oxygen atoms in total. The molecule has 0 amide bonds. The van der Waals surface area contributed by atoms with Crippen LogP contribution >= 0.6 is 0 Å². The number of benzene rings is 1. The Kier molecular flexibility index (Phi) is 5.06. The molecule has 7 heteroatoms. The number of piperidine rings is 1. The van der Waals surface area contributed by atoms with Crippen LogP contribution in [0.15, 0.2) is 12.1 Å². The second-order valence-electron chi connectivity index (χ2n) is 5.34. The number of nitro benzene ring substituents is 1. The van der Waals surface area contributed by atoms with E-state index in [0.29, 0.717) is 6.54 Å². The first-order chi connectivity index (χ1) is 10.0. The van der Waals surface area contributed by atoms with E-state index in [-0.39, 0.29) is 11.7 Å². The number of anilines is 1. The molecule has 0 aliphatic carbocycles. The molecule has 1 aromatic carbocycles. The maximum absolute atomic E-state index is 13.8. The van der Waals surface area contributed by atoms with Gasteiger partial charge in [-0.1, -0.05) is 6.42 Å². The molecule has 1 aliphatic rings. The van der Waals surface area contributed by atoms with Crippen LogP contribution in [-0.4, -0.2) is 35.5 Å². The summed E-state index contributed by atoms with van der Waals surface area (Å²) < 4.78 is 27.0. The van der Waals surface area contributed by atoms with Crippen LogP contribution in [-0.2, 0) is 0 Å². The fourth-order valence-electron chi connectivity index (χ4n) is 2.60. The van der Waals surface area contributed by atoms with Gasteiger partial charge < -0.3 is 5.32 Å². The molecule has 1 aromatic rings.